The summed E-state index contributed by atoms with van der Waals surface area (Å²) in [4.78, 5) is 22.6. The Morgan fingerprint density at radius 3 is 2.78 bits per heavy atom. The van der Waals surface area contributed by atoms with Crippen LogP contribution in [0.15, 0.2) is 12.4 Å². The number of alkyl halides is 2. The van der Waals surface area contributed by atoms with Crippen LogP contribution < -0.4 is 4.72 Å². The SMILES string of the molecule is COC(=O)N1[C@H](C)C[C@H](N[S+]([O-])C(F)F)[C@@H]1COC1CCC2(c3ncc(Cl)cn3)CC2C1. The molecule has 178 valence electrons. The Bertz CT molecular complexity index is 825. The normalized spacial score (nSPS) is 35.0. The molecule has 1 saturated heterocycles. The van der Waals surface area contributed by atoms with E-state index in [0.717, 1.165) is 31.5 Å². The molecule has 8 nitrogen and oxygen atoms in total. The molecule has 32 heavy (non-hydrogen) atoms. The number of fused-ring (bicyclic) bond motifs is 1. The van der Waals surface area contributed by atoms with Gasteiger partial charge in [-0.05, 0) is 44.9 Å². The third kappa shape index (κ3) is 4.68. The fourth-order valence-corrected chi connectivity index (χ4v) is 6.05. The molecule has 0 aromatic carbocycles. The van der Waals surface area contributed by atoms with Crippen molar-refractivity contribution >= 4 is 29.1 Å². The molecule has 1 amide bonds. The number of aromatic nitrogens is 2. The van der Waals surface area contributed by atoms with Gasteiger partial charge in [-0.2, -0.15) is 8.78 Å². The van der Waals surface area contributed by atoms with Crippen molar-refractivity contribution in [1.29, 1.82) is 0 Å². The van der Waals surface area contributed by atoms with Gasteiger partial charge in [0, 0.05) is 23.9 Å². The number of amides is 1. The summed E-state index contributed by atoms with van der Waals surface area (Å²) in [5.74, 6) is -1.76. The van der Waals surface area contributed by atoms with Gasteiger partial charge in [0.1, 0.15) is 17.2 Å². The lowest BCUT2D eigenvalue weighted by molar-refractivity contribution is -0.0103. The molecule has 4 rings (SSSR count). The second-order valence-electron chi connectivity index (χ2n) is 8.82. The monoisotopic (exact) mass is 492 g/mol. The van der Waals surface area contributed by atoms with Crippen LogP contribution in [0.4, 0.5) is 13.6 Å². The standard InChI is InChI=1S/C20H27ClF2N4O4S/c1-11-5-15(26-32(29)18(22)23)16(27(11)19(28)30-2)10-31-14-3-4-20(7-12(20)6-14)17-24-8-13(21)9-25-17/h8-9,11-12,14-16,18,26H,3-7,10H2,1-2H3/t11-,12?,14?,15+,16+,20?,32?/m1/s1. The first-order chi connectivity index (χ1) is 15.2. The van der Waals surface area contributed by atoms with Gasteiger partial charge < -0.3 is 14.0 Å². The number of likely N-dealkylation sites (tertiary alicyclic amines) is 1. The van der Waals surface area contributed by atoms with E-state index in [0.29, 0.717) is 17.4 Å². The molecule has 2 aliphatic carbocycles. The summed E-state index contributed by atoms with van der Waals surface area (Å²) >= 11 is 3.40. The fourth-order valence-electron chi connectivity index (χ4n) is 5.29. The first-order valence-corrected chi connectivity index (χ1v) is 12.2. The maximum atomic E-state index is 12.8. The number of hydrogen-bond acceptors (Lipinski definition) is 7. The number of hydrogen-bond donors (Lipinski definition) is 1. The van der Waals surface area contributed by atoms with E-state index >= 15 is 0 Å². The Hall–Kier alpha value is -1.27. The molecule has 1 N–H and O–H groups in total. The zero-order valence-electron chi connectivity index (χ0n) is 17.9. The Labute approximate surface area is 193 Å². The highest BCUT2D eigenvalue weighted by Crippen LogP contribution is 2.61. The summed E-state index contributed by atoms with van der Waals surface area (Å²) in [5, 5.41) is 0.510. The van der Waals surface area contributed by atoms with E-state index in [1.54, 1.807) is 12.4 Å². The number of nitrogens with one attached hydrogen (secondary N) is 1. The molecule has 1 aromatic heterocycles. The number of methoxy groups -OCH3 is 1. The Kier molecular flexibility index (Phi) is 7.11. The molecular formula is C20H27ClF2N4O4S. The summed E-state index contributed by atoms with van der Waals surface area (Å²) in [5.41, 5.74) is -0.0113. The molecular weight excluding hydrogens is 466 g/mol. The van der Waals surface area contributed by atoms with E-state index in [1.165, 1.54) is 12.0 Å². The predicted molar refractivity (Wildman–Crippen MR) is 114 cm³/mol. The summed E-state index contributed by atoms with van der Waals surface area (Å²) in [6.07, 6.45) is 6.60. The van der Waals surface area contributed by atoms with Crippen molar-refractivity contribution in [1.82, 2.24) is 19.6 Å². The second kappa shape index (κ2) is 9.54. The highest BCUT2D eigenvalue weighted by Gasteiger charge is 2.60. The average molecular weight is 493 g/mol. The molecule has 1 aromatic rings. The third-order valence-corrected chi connectivity index (χ3v) is 8.02. The van der Waals surface area contributed by atoms with E-state index in [-0.39, 0.29) is 24.2 Å². The van der Waals surface area contributed by atoms with Gasteiger partial charge in [-0.15, -0.1) is 4.72 Å². The van der Waals surface area contributed by atoms with Crippen LogP contribution in [0.5, 0.6) is 0 Å². The number of nitrogens with zero attached hydrogens (tertiary/aromatic N) is 3. The largest absolute Gasteiger partial charge is 0.593 e. The minimum absolute atomic E-state index is 0.0113. The molecule has 7 atom stereocenters. The second-order valence-corrected chi connectivity index (χ2v) is 10.4. The van der Waals surface area contributed by atoms with Gasteiger partial charge in [-0.25, -0.2) is 14.8 Å². The molecule has 3 fully saturated rings. The Morgan fingerprint density at radius 1 is 1.44 bits per heavy atom. The molecule has 3 aliphatic rings. The molecule has 0 bridgehead atoms. The van der Waals surface area contributed by atoms with Crippen molar-refractivity contribution in [3.63, 3.8) is 0 Å². The predicted octanol–water partition coefficient (Wildman–Crippen LogP) is 3.03. The van der Waals surface area contributed by atoms with Gasteiger partial charge in [0.25, 0.3) is 0 Å². The van der Waals surface area contributed by atoms with Gasteiger partial charge in [-0.3, -0.25) is 4.90 Å². The van der Waals surface area contributed by atoms with Gasteiger partial charge in [0.05, 0.1) is 36.9 Å². The van der Waals surface area contributed by atoms with E-state index in [4.69, 9.17) is 21.1 Å². The lowest BCUT2D eigenvalue weighted by Crippen LogP contribution is -2.51. The number of ether oxygens (including phenoxy) is 2. The van der Waals surface area contributed by atoms with Crippen molar-refractivity contribution in [2.24, 2.45) is 5.92 Å². The van der Waals surface area contributed by atoms with Crippen LogP contribution in [-0.4, -0.2) is 69.2 Å². The lowest BCUT2D eigenvalue weighted by Gasteiger charge is -2.32. The van der Waals surface area contributed by atoms with E-state index in [9.17, 15) is 18.1 Å². The first kappa shape index (κ1) is 23.9. The number of rotatable bonds is 7. The molecule has 0 spiro atoms. The van der Waals surface area contributed by atoms with Crippen LogP contribution in [-0.2, 0) is 26.3 Å². The lowest BCUT2D eigenvalue weighted by atomic mass is 9.86. The minimum atomic E-state index is -3.00. The Balaban J connectivity index is 1.37. The molecule has 1 aliphatic heterocycles. The topological polar surface area (TPSA) is 99.6 Å². The van der Waals surface area contributed by atoms with Crippen LogP contribution in [0.3, 0.4) is 0 Å². The summed E-state index contributed by atoms with van der Waals surface area (Å²) in [6, 6.07) is -1.39. The van der Waals surface area contributed by atoms with Crippen molar-refractivity contribution in [3.05, 3.63) is 23.2 Å². The zero-order chi connectivity index (χ0) is 23.0. The molecule has 0 radical (unpaired) electrons. The Morgan fingerprint density at radius 2 is 2.16 bits per heavy atom. The highest BCUT2D eigenvalue weighted by atomic mass is 35.5. The van der Waals surface area contributed by atoms with Crippen LogP contribution in [0.25, 0.3) is 0 Å². The van der Waals surface area contributed by atoms with Crippen LogP contribution in [0.2, 0.25) is 5.02 Å². The fraction of sp³-hybridized carbons (Fsp3) is 0.750. The van der Waals surface area contributed by atoms with Crippen LogP contribution in [0, 0.1) is 5.92 Å². The van der Waals surface area contributed by atoms with Crippen molar-refractivity contribution in [2.45, 2.75) is 74.4 Å². The summed E-state index contributed by atoms with van der Waals surface area (Å²) < 4.78 is 50.9. The molecule has 12 heteroatoms. The maximum Gasteiger partial charge on any atom is 0.416 e. The van der Waals surface area contributed by atoms with Gasteiger partial charge in [0.2, 0.25) is 0 Å². The van der Waals surface area contributed by atoms with E-state index < -0.39 is 35.3 Å². The minimum Gasteiger partial charge on any atom is -0.593 e. The zero-order valence-corrected chi connectivity index (χ0v) is 19.5. The van der Waals surface area contributed by atoms with E-state index in [1.807, 2.05) is 6.92 Å². The number of carbonyl (C=O) groups excluding carboxylic acids is 1. The summed E-state index contributed by atoms with van der Waals surface area (Å²) in [6.45, 7) is 1.96. The third-order valence-electron chi connectivity index (χ3n) is 6.97. The highest BCUT2D eigenvalue weighted by molar-refractivity contribution is 7.89. The van der Waals surface area contributed by atoms with Gasteiger partial charge in [0.15, 0.2) is 0 Å². The van der Waals surface area contributed by atoms with Crippen LogP contribution >= 0.6 is 11.6 Å². The quantitative estimate of drug-likeness (QED) is 0.584. The molecule has 2 saturated carbocycles. The van der Waals surface area contributed by atoms with Crippen LogP contribution in [0.1, 0.15) is 44.9 Å². The smallest absolute Gasteiger partial charge is 0.416 e. The molecule has 4 unspecified atom stereocenters. The van der Waals surface area contributed by atoms with Crippen molar-refractivity contribution in [2.75, 3.05) is 13.7 Å². The maximum absolute atomic E-state index is 12.8. The van der Waals surface area contributed by atoms with Gasteiger partial charge in [-0.1, -0.05) is 11.6 Å². The van der Waals surface area contributed by atoms with E-state index in [2.05, 4.69) is 14.7 Å². The first-order valence-electron chi connectivity index (χ1n) is 10.7. The molecule has 2 heterocycles. The van der Waals surface area contributed by atoms with Crippen molar-refractivity contribution in [3.8, 4) is 0 Å². The number of carbonyl (C=O) groups is 1. The summed E-state index contributed by atoms with van der Waals surface area (Å²) in [7, 11) is 1.28. The van der Waals surface area contributed by atoms with Gasteiger partial charge >= 0.3 is 11.9 Å². The van der Waals surface area contributed by atoms with Crippen molar-refractivity contribution < 1.29 is 27.6 Å². The average Bonchev–Trinajstić information content (AvgIpc) is 3.42. The number of halogens is 3.